The van der Waals surface area contributed by atoms with E-state index in [0.717, 1.165) is 32.5 Å². The van der Waals surface area contributed by atoms with Gasteiger partial charge < -0.3 is 9.40 Å². The number of furan rings is 1. The quantitative estimate of drug-likeness (QED) is 0.290. The zero-order valence-electron chi connectivity index (χ0n) is 16.4. The second-order valence-electron chi connectivity index (χ2n) is 6.93. The van der Waals surface area contributed by atoms with Crippen LogP contribution >= 0.6 is 11.8 Å². The Labute approximate surface area is 182 Å². The molecule has 0 unspecified atom stereocenters. The van der Waals surface area contributed by atoms with Gasteiger partial charge in [0.15, 0.2) is 10.2 Å². The number of imidazole rings is 1. The highest BCUT2D eigenvalue weighted by atomic mass is 32.2. The lowest BCUT2D eigenvalue weighted by Gasteiger charge is -2.05. The molecular weight excluding hydrogens is 408 g/mol. The molecule has 0 saturated heterocycles. The van der Waals surface area contributed by atoms with Crippen molar-refractivity contribution in [2.75, 3.05) is 0 Å². The number of hydrazone groups is 1. The number of fused-ring (bicyclic) bond motifs is 2. The van der Waals surface area contributed by atoms with Crippen LogP contribution in [-0.2, 0) is 11.2 Å². The molecule has 5 aromatic rings. The number of nitrogens with one attached hydrogen (secondary N) is 2. The van der Waals surface area contributed by atoms with E-state index in [0.29, 0.717) is 10.9 Å². The van der Waals surface area contributed by atoms with Crippen LogP contribution in [0.3, 0.4) is 0 Å². The van der Waals surface area contributed by atoms with E-state index in [4.69, 9.17) is 4.42 Å². The predicted molar refractivity (Wildman–Crippen MR) is 122 cm³/mol. The Bertz CT molecular complexity index is 1360. The summed E-state index contributed by atoms with van der Waals surface area (Å²) in [5.41, 5.74) is 5.42. The molecule has 0 bridgehead atoms. The molecule has 152 valence electrons. The van der Waals surface area contributed by atoms with E-state index in [-0.39, 0.29) is 12.3 Å². The van der Waals surface area contributed by atoms with Gasteiger partial charge in [-0.25, -0.2) is 10.4 Å². The van der Waals surface area contributed by atoms with E-state index in [2.05, 4.69) is 20.5 Å². The van der Waals surface area contributed by atoms with Crippen LogP contribution in [0.15, 0.2) is 98.6 Å². The summed E-state index contributed by atoms with van der Waals surface area (Å²) in [6, 6.07) is 25.5. The maximum atomic E-state index is 12.3. The third kappa shape index (κ3) is 4.36. The van der Waals surface area contributed by atoms with Crippen molar-refractivity contribution in [3.8, 4) is 0 Å². The molecule has 0 fully saturated rings. The van der Waals surface area contributed by atoms with Gasteiger partial charge in [0.2, 0.25) is 5.91 Å². The molecule has 6 nitrogen and oxygen atoms in total. The van der Waals surface area contributed by atoms with E-state index < -0.39 is 0 Å². The molecule has 0 saturated carbocycles. The third-order valence-electron chi connectivity index (χ3n) is 4.78. The average molecular weight is 427 g/mol. The predicted octanol–water partition coefficient (Wildman–Crippen LogP) is 5.15. The molecular formula is C24H18N4O2S. The number of carbonyl (C=O) groups excluding carboxylic acids is 1. The fraction of sp³-hybridized carbons (Fsp3) is 0.0417. The second-order valence-corrected chi connectivity index (χ2v) is 7.92. The molecule has 2 heterocycles. The number of benzene rings is 3. The number of aromatic amines is 1. The number of rotatable bonds is 6. The van der Waals surface area contributed by atoms with Gasteiger partial charge in [-0.2, -0.15) is 5.10 Å². The summed E-state index contributed by atoms with van der Waals surface area (Å²) in [4.78, 5) is 20.1. The van der Waals surface area contributed by atoms with Gasteiger partial charge in [-0.05, 0) is 52.4 Å². The number of para-hydroxylation sites is 2. The van der Waals surface area contributed by atoms with Crippen molar-refractivity contribution in [2.45, 2.75) is 16.7 Å². The molecule has 2 aromatic heterocycles. The third-order valence-corrected chi connectivity index (χ3v) is 5.59. The SMILES string of the molecule is O=C(Cc1cccc2ccccc12)NN=Cc1ccc(Sc2nc3ccccc3[nH]2)o1. The topological polar surface area (TPSA) is 83.3 Å². The minimum atomic E-state index is -0.184. The van der Waals surface area contributed by atoms with E-state index in [9.17, 15) is 4.79 Å². The lowest BCUT2D eigenvalue weighted by Crippen LogP contribution is -2.19. The largest absolute Gasteiger partial charge is 0.448 e. The Kier molecular flexibility index (Phi) is 5.24. The lowest BCUT2D eigenvalue weighted by atomic mass is 10.0. The molecule has 0 aliphatic carbocycles. The first kappa shape index (κ1) is 19.1. The van der Waals surface area contributed by atoms with Gasteiger partial charge in [0, 0.05) is 0 Å². The standard InChI is InChI=1S/C24H18N4O2S/c29-22(14-17-8-5-7-16-6-1-2-9-19(16)17)28-25-15-18-12-13-23(30-18)31-24-26-20-10-3-4-11-21(20)27-24/h1-13,15H,14H2,(H,26,27)(H,28,29). The van der Waals surface area contributed by atoms with Crippen LogP contribution in [0.1, 0.15) is 11.3 Å². The van der Waals surface area contributed by atoms with Gasteiger partial charge in [-0.3, -0.25) is 4.79 Å². The van der Waals surface area contributed by atoms with Gasteiger partial charge in [0.05, 0.1) is 23.7 Å². The van der Waals surface area contributed by atoms with Gasteiger partial charge in [0.1, 0.15) is 5.76 Å². The number of hydrogen-bond donors (Lipinski definition) is 2. The molecule has 0 aliphatic rings. The Balaban J connectivity index is 1.20. The first-order valence-corrected chi connectivity index (χ1v) is 10.6. The van der Waals surface area contributed by atoms with Crippen LogP contribution in [0.5, 0.6) is 0 Å². The van der Waals surface area contributed by atoms with Crippen LogP contribution in [0, 0.1) is 0 Å². The molecule has 0 atom stereocenters. The monoisotopic (exact) mass is 426 g/mol. The molecule has 0 aliphatic heterocycles. The van der Waals surface area contributed by atoms with Crippen LogP contribution in [0.2, 0.25) is 0 Å². The van der Waals surface area contributed by atoms with Gasteiger partial charge in [-0.1, -0.05) is 54.6 Å². The number of H-pyrrole nitrogens is 1. The zero-order valence-corrected chi connectivity index (χ0v) is 17.2. The van der Waals surface area contributed by atoms with E-state index in [1.54, 1.807) is 6.07 Å². The van der Waals surface area contributed by atoms with Gasteiger partial charge in [-0.15, -0.1) is 0 Å². The van der Waals surface area contributed by atoms with E-state index in [1.165, 1.54) is 18.0 Å². The fourth-order valence-electron chi connectivity index (χ4n) is 3.36. The number of aromatic nitrogens is 2. The minimum Gasteiger partial charge on any atom is -0.448 e. The van der Waals surface area contributed by atoms with E-state index in [1.807, 2.05) is 72.8 Å². The molecule has 31 heavy (non-hydrogen) atoms. The first-order chi connectivity index (χ1) is 15.2. The highest BCUT2D eigenvalue weighted by molar-refractivity contribution is 7.99. The van der Waals surface area contributed by atoms with Gasteiger partial charge in [0.25, 0.3) is 0 Å². The Morgan fingerprint density at radius 2 is 1.87 bits per heavy atom. The molecule has 3 aromatic carbocycles. The smallest absolute Gasteiger partial charge is 0.244 e. The summed E-state index contributed by atoms with van der Waals surface area (Å²) < 4.78 is 5.74. The lowest BCUT2D eigenvalue weighted by molar-refractivity contribution is -0.120. The average Bonchev–Trinajstić information content (AvgIpc) is 3.40. The van der Waals surface area contributed by atoms with Crippen LogP contribution < -0.4 is 5.43 Å². The summed E-state index contributed by atoms with van der Waals surface area (Å²) in [6.07, 6.45) is 1.74. The van der Waals surface area contributed by atoms with Crippen LogP contribution in [0.4, 0.5) is 0 Å². The maximum absolute atomic E-state index is 12.3. The maximum Gasteiger partial charge on any atom is 0.244 e. The Hall–Kier alpha value is -3.84. The van der Waals surface area contributed by atoms with Crippen molar-refractivity contribution < 1.29 is 9.21 Å². The summed E-state index contributed by atoms with van der Waals surface area (Å²) >= 11 is 1.39. The number of hydrogen-bond acceptors (Lipinski definition) is 5. The molecule has 5 rings (SSSR count). The molecule has 0 spiro atoms. The highest BCUT2D eigenvalue weighted by Crippen LogP contribution is 2.28. The van der Waals surface area contributed by atoms with E-state index >= 15 is 0 Å². The van der Waals surface area contributed by atoms with Gasteiger partial charge >= 0.3 is 0 Å². The summed E-state index contributed by atoms with van der Waals surface area (Å²) in [5.74, 6) is 0.361. The van der Waals surface area contributed by atoms with Crippen molar-refractivity contribution in [3.63, 3.8) is 0 Å². The molecule has 7 heteroatoms. The number of nitrogens with zero attached hydrogens (tertiary/aromatic N) is 2. The number of carbonyl (C=O) groups is 1. The molecule has 0 radical (unpaired) electrons. The Morgan fingerprint density at radius 1 is 1.03 bits per heavy atom. The fourth-order valence-corrected chi connectivity index (χ4v) is 4.13. The van der Waals surface area contributed by atoms with Crippen molar-refractivity contribution in [2.24, 2.45) is 5.10 Å². The summed E-state index contributed by atoms with van der Waals surface area (Å²) in [6.45, 7) is 0. The van der Waals surface area contributed by atoms with Crippen molar-refractivity contribution in [1.82, 2.24) is 15.4 Å². The summed E-state index contributed by atoms with van der Waals surface area (Å²) in [5, 5.41) is 7.64. The van der Waals surface area contributed by atoms with Crippen LogP contribution in [0.25, 0.3) is 21.8 Å². The second kappa shape index (κ2) is 8.49. The van der Waals surface area contributed by atoms with Crippen LogP contribution in [-0.4, -0.2) is 22.1 Å². The molecule has 1 amide bonds. The Morgan fingerprint density at radius 3 is 2.81 bits per heavy atom. The minimum absolute atomic E-state index is 0.184. The summed E-state index contributed by atoms with van der Waals surface area (Å²) in [7, 11) is 0. The zero-order chi connectivity index (χ0) is 21.0. The van der Waals surface area contributed by atoms with Crippen molar-refractivity contribution in [1.29, 1.82) is 0 Å². The normalized spacial score (nSPS) is 11.5. The first-order valence-electron chi connectivity index (χ1n) is 9.75. The highest BCUT2D eigenvalue weighted by Gasteiger charge is 2.08. The van der Waals surface area contributed by atoms with Crippen molar-refractivity contribution >= 4 is 45.7 Å². The van der Waals surface area contributed by atoms with Crippen molar-refractivity contribution in [3.05, 3.63) is 90.2 Å². The molecule has 2 N–H and O–H groups in total. The number of amides is 1.